The van der Waals surface area contributed by atoms with Crippen molar-refractivity contribution >= 4 is 11.5 Å². The molecule has 20 heavy (non-hydrogen) atoms. The zero-order valence-corrected chi connectivity index (χ0v) is 12.0. The van der Waals surface area contributed by atoms with Crippen LogP contribution in [-0.4, -0.2) is 19.8 Å². The van der Waals surface area contributed by atoms with Gasteiger partial charge in [-0.1, -0.05) is 5.16 Å². The van der Waals surface area contributed by atoms with Gasteiger partial charge in [0.2, 0.25) is 0 Å². The standard InChI is InChI=1S/C14H17N5O/c1-8-5-12-15-7-16-19(12)13(6-8)17-9(2)14-10(3)18-20-11(14)4/h5-7,9,17H,1-4H3. The van der Waals surface area contributed by atoms with Crippen LogP contribution < -0.4 is 5.32 Å². The molecule has 104 valence electrons. The van der Waals surface area contributed by atoms with Gasteiger partial charge >= 0.3 is 0 Å². The molecule has 1 unspecified atom stereocenters. The lowest BCUT2D eigenvalue weighted by molar-refractivity contribution is 0.392. The normalized spacial score (nSPS) is 12.8. The van der Waals surface area contributed by atoms with Crippen molar-refractivity contribution in [3.63, 3.8) is 0 Å². The molecule has 1 N–H and O–H groups in total. The first kappa shape index (κ1) is 12.7. The Labute approximate surface area is 116 Å². The van der Waals surface area contributed by atoms with Crippen molar-refractivity contribution in [1.82, 2.24) is 19.8 Å². The Balaban J connectivity index is 1.99. The van der Waals surface area contributed by atoms with E-state index in [0.717, 1.165) is 34.0 Å². The molecule has 6 heteroatoms. The van der Waals surface area contributed by atoms with Crippen molar-refractivity contribution in [2.24, 2.45) is 0 Å². The average molecular weight is 271 g/mol. The predicted molar refractivity (Wildman–Crippen MR) is 75.7 cm³/mol. The number of rotatable bonds is 3. The van der Waals surface area contributed by atoms with Gasteiger partial charge in [-0.05, 0) is 45.4 Å². The molecule has 0 aliphatic rings. The van der Waals surface area contributed by atoms with E-state index in [1.165, 1.54) is 0 Å². The quantitative estimate of drug-likeness (QED) is 0.793. The molecular weight excluding hydrogens is 254 g/mol. The molecular formula is C14H17N5O. The largest absolute Gasteiger partial charge is 0.363 e. The first-order chi connectivity index (χ1) is 9.56. The second-order valence-corrected chi connectivity index (χ2v) is 5.05. The van der Waals surface area contributed by atoms with E-state index in [1.807, 2.05) is 26.8 Å². The van der Waals surface area contributed by atoms with Crippen LogP contribution in [0.2, 0.25) is 0 Å². The molecule has 0 spiro atoms. The molecule has 0 bridgehead atoms. The van der Waals surface area contributed by atoms with Crippen LogP contribution in [0.4, 0.5) is 5.82 Å². The van der Waals surface area contributed by atoms with Crippen LogP contribution >= 0.6 is 0 Å². The number of aryl methyl sites for hydroxylation is 3. The maximum atomic E-state index is 5.23. The summed E-state index contributed by atoms with van der Waals surface area (Å²) in [6.45, 7) is 8.00. The molecule has 3 rings (SSSR count). The molecule has 0 aromatic carbocycles. The van der Waals surface area contributed by atoms with Crippen LogP contribution in [0.5, 0.6) is 0 Å². The first-order valence-corrected chi connectivity index (χ1v) is 6.56. The van der Waals surface area contributed by atoms with Gasteiger partial charge in [0.15, 0.2) is 5.65 Å². The Hall–Kier alpha value is -2.37. The topological polar surface area (TPSA) is 68.2 Å². The molecule has 0 aliphatic heterocycles. The average Bonchev–Trinajstić information content (AvgIpc) is 2.96. The fraction of sp³-hybridized carbons (Fsp3) is 0.357. The Kier molecular flexibility index (Phi) is 2.93. The summed E-state index contributed by atoms with van der Waals surface area (Å²) in [5.41, 5.74) is 3.96. The van der Waals surface area contributed by atoms with Gasteiger partial charge in [0.05, 0.1) is 11.7 Å². The molecule has 6 nitrogen and oxygen atoms in total. The molecule has 0 amide bonds. The van der Waals surface area contributed by atoms with E-state index in [4.69, 9.17) is 4.52 Å². The molecule has 0 radical (unpaired) electrons. The minimum Gasteiger partial charge on any atom is -0.363 e. The zero-order chi connectivity index (χ0) is 14.3. The van der Waals surface area contributed by atoms with Crippen molar-refractivity contribution < 1.29 is 4.52 Å². The lowest BCUT2D eigenvalue weighted by atomic mass is 10.1. The molecule has 0 fully saturated rings. The van der Waals surface area contributed by atoms with E-state index in [2.05, 4.69) is 33.5 Å². The van der Waals surface area contributed by atoms with Crippen molar-refractivity contribution in [2.75, 3.05) is 5.32 Å². The third kappa shape index (κ3) is 2.03. The van der Waals surface area contributed by atoms with E-state index in [1.54, 1.807) is 10.8 Å². The third-order valence-corrected chi connectivity index (χ3v) is 3.41. The number of anilines is 1. The number of nitrogens with one attached hydrogen (secondary N) is 1. The fourth-order valence-corrected chi connectivity index (χ4v) is 2.56. The lowest BCUT2D eigenvalue weighted by Crippen LogP contribution is -2.12. The molecule has 0 saturated carbocycles. The summed E-state index contributed by atoms with van der Waals surface area (Å²) in [5.74, 6) is 1.75. The van der Waals surface area contributed by atoms with Crippen LogP contribution in [0.1, 0.15) is 35.5 Å². The van der Waals surface area contributed by atoms with E-state index < -0.39 is 0 Å². The number of pyridine rings is 1. The van der Waals surface area contributed by atoms with Crippen molar-refractivity contribution in [2.45, 2.75) is 33.7 Å². The molecule has 3 heterocycles. The Morgan fingerprint density at radius 3 is 2.75 bits per heavy atom. The number of fused-ring (bicyclic) bond motifs is 1. The van der Waals surface area contributed by atoms with E-state index in [9.17, 15) is 0 Å². The number of nitrogens with zero attached hydrogens (tertiary/aromatic N) is 4. The van der Waals surface area contributed by atoms with Crippen LogP contribution in [0.3, 0.4) is 0 Å². The van der Waals surface area contributed by atoms with E-state index in [-0.39, 0.29) is 6.04 Å². The van der Waals surface area contributed by atoms with Crippen LogP contribution in [0.25, 0.3) is 5.65 Å². The summed E-state index contributed by atoms with van der Waals surface area (Å²) in [6.07, 6.45) is 1.56. The van der Waals surface area contributed by atoms with Gasteiger partial charge in [-0.3, -0.25) is 0 Å². The fourth-order valence-electron chi connectivity index (χ4n) is 2.56. The second-order valence-electron chi connectivity index (χ2n) is 5.05. The van der Waals surface area contributed by atoms with Crippen LogP contribution in [-0.2, 0) is 0 Å². The summed E-state index contributed by atoms with van der Waals surface area (Å²) in [5, 5.41) is 11.7. The zero-order valence-electron chi connectivity index (χ0n) is 12.0. The highest BCUT2D eigenvalue weighted by molar-refractivity contribution is 5.52. The molecule has 0 aliphatic carbocycles. The number of hydrogen-bond donors (Lipinski definition) is 1. The van der Waals surface area contributed by atoms with Crippen molar-refractivity contribution in [3.8, 4) is 0 Å². The summed E-state index contributed by atoms with van der Waals surface area (Å²) in [6, 6.07) is 4.13. The van der Waals surface area contributed by atoms with Crippen molar-refractivity contribution in [1.29, 1.82) is 0 Å². The summed E-state index contributed by atoms with van der Waals surface area (Å²) in [4.78, 5) is 4.23. The summed E-state index contributed by atoms with van der Waals surface area (Å²) >= 11 is 0. The van der Waals surface area contributed by atoms with Crippen LogP contribution in [0, 0.1) is 20.8 Å². The van der Waals surface area contributed by atoms with Crippen molar-refractivity contribution in [3.05, 3.63) is 41.0 Å². The number of aromatic nitrogens is 4. The lowest BCUT2D eigenvalue weighted by Gasteiger charge is -2.16. The Morgan fingerprint density at radius 1 is 1.25 bits per heavy atom. The summed E-state index contributed by atoms with van der Waals surface area (Å²) < 4.78 is 7.02. The van der Waals surface area contributed by atoms with Gasteiger partial charge < -0.3 is 9.84 Å². The summed E-state index contributed by atoms with van der Waals surface area (Å²) in [7, 11) is 0. The van der Waals surface area contributed by atoms with Crippen LogP contribution in [0.15, 0.2) is 23.0 Å². The molecule has 3 aromatic heterocycles. The Bertz CT molecular complexity index is 739. The SMILES string of the molecule is Cc1cc(NC(C)c2c(C)noc2C)n2ncnc2c1. The van der Waals surface area contributed by atoms with Gasteiger partial charge in [-0.25, -0.2) is 4.98 Å². The highest BCUT2D eigenvalue weighted by Crippen LogP contribution is 2.25. The minimum absolute atomic E-state index is 0.0791. The predicted octanol–water partition coefficient (Wildman–Crippen LogP) is 2.82. The maximum absolute atomic E-state index is 5.23. The van der Waals surface area contributed by atoms with Gasteiger partial charge in [0.1, 0.15) is 17.9 Å². The maximum Gasteiger partial charge on any atom is 0.157 e. The van der Waals surface area contributed by atoms with Gasteiger partial charge in [0, 0.05) is 5.56 Å². The smallest absolute Gasteiger partial charge is 0.157 e. The number of hydrogen-bond acceptors (Lipinski definition) is 5. The van der Waals surface area contributed by atoms with Gasteiger partial charge in [-0.2, -0.15) is 9.61 Å². The van der Waals surface area contributed by atoms with Gasteiger partial charge in [-0.15, -0.1) is 0 Å². The van der Waals surface area contributed by atoms with E-state index in [0.29, 0.717) is 0 Å². The molecule has 1 atom stereocenters. The third-order valence-electron chi connectivity index (χ3n) is 3.41. The Morgan fingerprint density at radius 2 is 2.05 bits per heavy atom. The van der Waals surface area contributed by atoms with Gasteiger partial charge in [0.25, 0.3) is 0 Å². The highest BCUT2D eigenvalue weighted by atomic mass is 16.5. The highest BCUT2D eigenvalue weighted by Gasteiger charge is 2.17. The minimum atomic E-state index is 0.0791. The monoisotopic (exact) mass is 271 g/mol. The van der Waals surface area contributed by atoms with E-state index >= 15 is 0 Å². The second kappa shape index (κ2) is 4.63. The molecule has 3 aromatic rings. The molecule has 0 saturated heterocycles. The first-order valence-electron chi connectivity index (χ1n) is 6.56.